The second-order valence-electron chi connectivity index (χ2n) is 4.88. The maximum atomic E-state index is 11.3. The molecular formula is C13H16N4O2S. The van der Waals surface area contributed by atoms with Crippen molar-refractivity contribution in [3.05, 3.63) is 17.0 Å². The number of hydrazone groups is 1. The lowest BCUT2D eigenvalue weighted by molar-refractivity contribution is -0.118. The van der Waals surface area contributed by atoms with E-state index in [2.05, 4.69) is 21.4 Å². The van der Waals surface area contributed by atoms with Gasteiger partial charge in [0.15, 0.2) is 0 Å². The lowest BCUT2D eigenvalue weighted by Crippen LogP contribution is -2.28. The van der Waals surface area contributed by atoms with Gasteiger partial charge in [0, 0.05) is 18.0 Å². The zero-order valence-electron chi connectivity index (χ0n) is 11.0. The number of urea groups is 1. The van der Waals surface area contributed by atoms with Gasteiger partial charge >= 0.3 is 6.03 Å². The minimum Gasteiger partial charge on any atom is -0.363 e. The van der Waals surface area contributed by atoms with E-state index in [9.17, 15) is 9.59 Å². The van der Waals surface area contributed by atoms with Gasteiger partial charge in [-0.3, -0.25) is 10.1 Å². The molecule has 1 aromatic heterocycles. The van der Waals surface area contributed by atoms with Crippen LogP contribution >= 0.6 is 11.3 Å². The molecule has 7 heteroatoms. The number of hydrogen-bond donors (Lipinski definition) is 1. The topological polar surface area (TPSA) is 65.0 Å². The van der Waals surface area contributed by atoms with Crippen molar-refractivity contribution in [2.45, 2.75) is 19.3 Å². The lowest BCUT2D eigenvalue weighted by atomic mass is 10.1. The van der Waals surface area contributed by atoms with Gasteiger partial charge in [-0.05, 0) is 31.4 Å². The van der Waals surface area contributed by atoms with E-state index in [0.29, 0.717) is 0 Å². The van der Waals surface area contributed by atoms with Crippen molar-refractivity contribution in [1.29, 1.82) is 0 Å². The highest BCUT2D eigenvalue weighted by Gasteiger charge is 2.25. The molecule has 0 bridgehead atoms. The van der Waals surface area contributed by atoms with Crippen LogP contribution in [0.25, 0.3) is 0 Å². The number of imide groups is 1. The third-order valence-corrected chi connectivity index (χ3v) is 4.46. The maximum Gasteiger partial charge on any atom is 0.344 e. The normalized spacial score (nSPS) is 20.0. The van der Waals surface area contributed by atoms with Gasteiger partial charge in [0.2, 0.25) is 5.91 Å². The lowest BCUT2D eigenvalue weighted by Gasteiger charge is -2.27. The number of hydrogen-bond acceptors (Lipinski definition) is 5. The summed E-state index contributed by atoms with van der Waals surface area (Å²) in [5, 5.41) is 8.63. The highest BCUT2D eigenvalue weighted by molar-refractivity contribution is 7.17. The van der Waals surface area contributed by atoms with Crippen molar-refractivity contribution >= 4 is 34.5 Å². The van der Waals surface area contributed by atoms with Gasteiger partial charge in [-0.2, -0.15) is 5.10 Å². The number of piperidine rings is 1. The fourth-order valence-electron chi connectivity index (χ4n) is 2.35. The minimum atomic E-state index is -0.459. The Kier molecular flexibility index (Phi) is 3.68. The van der Waals surface area contributed by atoms with E-state index < -0.39 is 6.03 Å². The summed E-state index contributed by atoms with van der Waals surface area (Å²) < 4.78 is 0. The predicted molar refractivity (Wildman–Crippen MR) is 78.2 cm³/mol. The van der Waals surface area contributed by atoms with Crippen molar-refractivity contribution in [3.8, 4) is 0 Å². The summed E-state index contributed by atoms with van der Waals surface area (Å²) >= 11 is 1.66. The van der Waals surface area contributed by atoms with E-state index in [-0.39, 0.29) is 12.5 Å². The maximum absolute atomic E-state index is 11.3. The molecule has 3 heterocycles. The smallest absolute Gasteiger partial charge is 0.344 e. The Labute approximate surface area is 121 Å². The summed E-state index contributed by atoms with van der Waals surface area (Å²) in [6.45, 7) is 2.22. The first kappa shape index (κ1) is 13.1. The van der Waals surface area contributed by atoms with Crippen LogP contribution in [0.1, 0.15) is 24.1 Å². The Morgan fingerprint density at radius 2 is 2.00 bits per heavy atom. The molecule has 0 unspecified atom stereocenters. The van der Waals surface area contributed by atoms with Gasteiger partial charge in [-0.25, -0.2) is 9.80 Å². The van der Waals surface area contributed by atoms with Crippen molar-refractivity contribution in [2.75, 3.05) is 24.5 Å². The molecule has 20 heavy (non-hydrogen) atoms. The third kappa shape index (κ3) is 2.82. The number of carbonyl (C=O) groups excluding carboxylic acids is 2. The first-order valence-electron chi connectivity index (χ1n) is 6.72. The third-order valence-electron chi connectivity index (χ3n) is 3.38. The molecule has 0 saturated carbocycles. The first-order valence-corrected chi connectivity index (χ1v) is 7.54. The first-order chi connectivity index (χ1) is 9.72. The second kappa shape index (κ2) is 5.62. The van der Waals surface area contributed by atoms with Crippen LogP contribution in [-0.4, -0.2) is 42.8 Å². The van der Waals surface area contributed by atoms with Crippen LogP contribution < -0.4 is 10.2 Å². The van der Waals surface area contributed by atoms with Crippen LogP contribution in [0.5, 0.6) is 0 Å². The van der Waals surface area contributed by atoms with Gasteiger partial charge < -0.3 is 4.90 Å². The van der Waals surface area contributed by atoms with Crippen molar-refractivity contribution in [2.24, 2.45) is 5.10 Å². The molecule has 1 aromatic rings. The number of nitrogens with one attached hydrogen (secondary N) is 1. The van der Waals surface area contributed by atoms with Crippen molar-refractivity contribution in [3.63, 3.8) is 0 Å². The average molecular weight is 292 g/mol. The van der Waals surface area contributed by atoms with Crippen LogP contribution in [-0.2, 0) is 4.79 Å². The molecule has 0 aromatic carbocycles. The molecule has 2 fully saturated rings. The highest BCUT2D eigenvalue weighted by atomic mass is 32.1. The summed E-state index contributed by atoms with van der Waals surface area (Å²) in [7, 11) is 0. The van der Waals surface area contributed by atoms with Crippen LogP contribution in [0.3, 0.4) is 0 Å². The molecule has 3 amide bonds. The summed E-state index contributed by atoms with van der Waals surface area (Å²) in [6, 6.07) is 3.62. The number of thiophene rings is 1. The summed E-state index contributed by atoms with van der Waals surface area (Å²) in [5.41, 5.74) is 0. The Bertz CT molecular complexity index is 548. The van der Waals surface area contributed by atoms with Crippen molar-refractivity contribution in [1.82, 2.24) is 10.3 Å². The SMILES string of the molecule is O=C1CN(/N=C\c2ccc(N3CCCCC3)s2)C(=O)N1. The molecule has 0 spiro atoms. The molecule has 0 aliphatic carbocycles. The fourth-order valence-corrected chi connectivity index (χ4v) is 3.27. The quantitative estimate of drug-likeness (QED) is 0.680. The molecule has 106 valence electrons. The number of amides is 3. The number of rotatable bonds is 3. The van der Waals surface area contributed by atoms with Crippen molar-refractivity contribution < 1.29 is 9.59 Å². The van der Waals surface area contributed by atoms with Gasteiger partial charge in [-0.1, -0.05) is 0 Å². The minimum absolute atomic E-state index is 0.000307. The highest BCUT2D eigenvalue weighted by Crippen LogP contribution is 2.27. The second-order valence-corrected chi connectivity index (χ2v) is 5.97. The Balaban J connectivity index is 1.65. The summed E-state index contributed by atoms with van der Waals surface area (Å²) in [4.78, 5) is 25.7. The Morgan fingerprint density at radius 1 is 1.20 bits per heavy atom. The zero-order chi connectivity index (χ0) is 13.9. The molecule has 2 aliphatic heterocycles. The molecule has 6 nitrogen and oxygen atoms in total. The monoisotopic (exact) mass is 292 g/mol. The van der Waals surface area contributed by atoms with Gasteiger partial charge in [0.25, 0.3) is 0 Å². The van der Waals surface area contributed by atoms with Gasteiger partial charge in [0.05, 0.1) is 11.2 Å². The van der Waals surface area contributed by atoms with E-state index in [1.165, 1.54) is 24.3 Å². The zero-order valence-corrected chi connectivity index (χ0v) is 11.9. The van der Waals surface area contributed by atoms with Crippen LogP contribution in [0, 0.1) is 0 Å². The van der Waals surface area contributed by atoms with E-state index in [4.69, 9.17) is 0 Å². The van der Waals surface area contributed by atoms with E-state index in [0.717, 1.165) is 23.0 Å². The van der Waals surface area contributed by atoms with Crippen LogP contribution in [0.4, 0.5) is 9.80 Å². The average Bonchev–Trinajstić information content (AvgIpc) is 3.04. The summed E-state index contributed by atoms with van der Waals surface area (Å²) in [5.74, 6) is -0.313. The molecule has 1 N–H and O–H groups in total. The number of carbonyl (C=O) groups is 2. The fraction of sp³-hybridized carbons (Fsp3) is 0.462. The Morgan fingerprint density at radius 3 is 2.70 bits per heavy atom. The molecule has 0 atom stereocenters. The molecule has 0 radical (unpaired) electrons. The van der Waals surface area contributed by atoms with Gasteiger partial charge in [-0.15, -0.1) is 11.3 Å². The van der Waals surface area contributed by atoms with E-state index in [1.807, 2.05) is 6.07 Å². The largest absolute Gasteiger partial charge is 0.363 e. The van der Waals surface area contributed by atoms with Crippen LogP contribution in [0.2, 0.25) is 0 Å². The van der Waals surface area contributed by atoms with E-state index in [1.54, 1.807) is 17.6 Å². The molecule has 2 aliphatic rings. The van der Waals surface area contributed by atoms with Crippen LogP contribution in [0.15, 0.2) is 17.2 Å². The Hall–Kier alpha value is -1.89. The number of anilines is 1. The molecule has 3 rings (SSSR count). The number of nitrogens with zero attached hydrogens (tertiary/aromatic N) is 3. The standard InChI is InChI=1S/C13H16N4O2S/c18-11-9-17(13(19)15-11)14-8-10-4-5-12(20-10)16-6-2-1-3-7-16/h4-5,8H,1-3,6-7,9H2,(H,15,18,19)/b14-8-. The molecular weight excluding hydrogens is 276 g/mol. The van der Waals surface area contributed by atoms with Gasteiger partial charge in [0.1, 0.15) is 6.54 Å². The molecule has 2 saturated heterocycles. The summed E-state index contributed by atoms with van der Waals surface area (Å²) in [6.07, 6.45) is 5.44. The van der Waals surface area contributed by atoms with E-state index >= 15 is 0 Å². The predicted octanol–water partition coefficient (Wildman–Crippen LogP) is 1.62.